The van der Waals surface area contributed by atoms with Crippen LogP contribution in [-0.2, 0) is 6.18 Å². The average molecular weight is 445 g/mol. The molecular weight excluding hydrogens is 417 g/mol. The minimum atomic E-state index is -4.45. The quantitative estimate of drug-likeness (QED) is 0.540. The maximum atomic E-state index is 12.8. The summed E-state index contributed by atoms with van der Waals surface area (Å²) < 4.78 is 38.5. The van der Waals surface area contributed by atoms with Crippen molar-refractivity contribution in [3.63, 3.8) is 0 Å². The molecule has 166 valence electrons. The van der Waals surface area contributed by atoms with E-state index in [1.54, 1.807) is 7.05 Å². The average Bonchev–Trinajstić information content (AvgIpc) is 3.27. The van der Waals surface area contributed by atoms with Crippen LogP contribution in [0.3, 0.4) is 0 Å². The Labute approximate surface area is 179 Å². The van der Waals surface area contributed by atoms with Gasteiger partial charge >= 0.3 is 6.18 Å². The van der Waals surface area contributed by atoms with Crippen molar-refractivity contribution in [2.24, 2.45) is 10.9 Å². The van der Waals surface area contributed by atoms with E-state index in [4.69, 9.17) is 11.6 Å². The Morgan fingerprint density at radius 2 is 2.03 bits per heavy atom. The first kappa shape index (κ1) is 21.5. The number of halogens is 4. The number of rotatable bonds is 5. The zero-order chi connectivity index (χ0) is 21.3. The van der Waals surface area contributed by atoms with Crippen LogP contribution in [0.4, 0.5) is 19.0 Å². The summed E-state index contributed by atoms with van der Waals surface area (Å²) in [6.07, 6.45) is 1.14. The Kier molecular flexibility index (Phi) is 6.29. The van der Waals surface area contributed by atoms with Gasteiger partial charge in [0.25, 0.3) is 0 Å². The maximum absolute atomic E-state index is 12.8. The number of aromatic nitrogens is 1. The first-order valence-corrected chi connectivity index (χ1v) is 10.9. The molecule has 6 nitrogen and oxygen atoms in total. The first-order chi connectivity index (χ1) is 14.3. The number of guanidine groups is 1. The van der Waals surface area contributed by atoms with Crippen molar-refractivity contribution in [3.8, 4) is 0 Å². The number of alkyl halides is 3. The van der Waals surface area contributed by atoms with Crippen LogP contribution in [0, 0.1) is 5.92 Å². The molecule has 0 amide bonds. The van der Waals surface area contributed by atoms with E-state index < -0.39 is 11.7 Å². The summed E-state index contributed by atoms with van der Waals surface area (Å²) in [6, 6.07) is 1.89. The standard InChI is InChI=1S/C20H28ClF3N6/c1-25-19(27-9-13-4-6-29(11-13)16-2-3-16)28-15-5-7-30(12-15)18-17(21)8-14(10-26-18)20(22,23)24/h8,10,13,15-16H,2-7,9,11-12H2,1H3,(H2,25,27,28). The second kappa shape index (κ2) is 8.78. The Morgan fingerprint density at radius 1 is 1.23 bits per heavy atom. The molecule has 0 spiro atoms. The van der Waals surface area contributed by atoms with Crippen molar-refractivity contribution < 1.29 is 13.2 Å². The molecule has 2 aliphatic heterocycles. The third kappa shape index (κ3) is 5.11. The lowest BCUT2D eigenvalue weighted by molar-refractivity contribution is -0.137. The molecule has 0 radical (unpaired) electrons. The fraction of sp³-hybridized carbons (Fsp3) is 0.700. The minimum Gasteiger partial charge on any atom is -0.356 e. The Balaban J connectivity index is 1.26. The highest BCUT2D eigenvalue weighted by atomic mass is 35.5. The second-order valence-corrected chi connectivity index (χ2v) is 8.84. The van der Waals surface area contributed by atoms with Crippen LogP contribution in [-0.4, -0.2) is 67.7 Å². The molecule has 1 saturated carbocycles. The molecule has 0 bridgehead atoms. The lowest BCUT2D eigenvalue weighted by Gasteiger charge is -2.21. The highest BCUT2D eigenvalue weighted by Crippen LogP contribution is 2.34. The molecule has 2 saturated heterocycles. The van der Waals surface area contributed by atoms with Gasteiger partial charge in [-0.25, -0.2) is 4.98 Å². The van der Waals surface area contributed by atoms with Crippen molar-refractivity contribution in [2.45, 2.75) is 43.9 Å². The number of hydrogen-bond donors (Lipinski definition) is 2. The largest absolute Gasteiger partial charge is 0.417 e. The molecule has 1 aliphatic carbocycles. The summed E-state index contributed by atoms with van der Waals surface area (Å²) in [5.41, 5.74) is -0.832. The van der Waals surface area contributed by atoms with Crippen LogP contribution in [0.15, 0.2) is 17.3 Å². The molecule has 2 atom stereocenters. The Bertz CT molecular complexity index is 782. The van der Waals surface area contributed by atoms with E-state index in [1.807, 2.05) is 4.90 Å². The van der Waals surface area contributed by atoms with Gasteiger partial charge in [-0.3, -0.25) is 4.99 Å². The van der Waals surface area contributed by atoms with Gasteiger partial charge in [0.05, 0.1) is 10.6 Å². The molecule has 0 aromatic carbocycles. The Hall–Kier alpha value is -1.74. The number of pyridine rings is 1. The van der Waals surface area contributed by atoms with E-state index >= 15 is 0 Å². The van der Waals surface area contributed by atoms with Crippen LogP contribution >= 0.6 is 11.6 Å². The van der Waals surface area contributed by atoms with Crippen LogP contribution in [0.5, 0.6) is 0 Å². The van der Waals surface area contributed by atoms with Gasteiger partial charge in [-0.15, -0.1) is 0 Å². The summed E-state index contributed by atoms with van der Waals surface area (Å²) >= 11 is 6.09. The van der Waals surface area contributed by atoms with Gasteiger partial charge in [0.15, 0.2) is 5.96 Å². The van der Waals surface area contributed by atoms with Gasteiger partial charge < -0.3 is 20.4 Å². The molecule has 3 aliphatic rings. The summed E-state index contributed by atoms with van der Waals surface area (Å²) in [4.78, 5) is 12.8. The molecular formula is C20H28ClF3N6. The molecule has 2 N–H and O–H groups in total. The van der Waals surface area contributed by atoms with Crippen molar-refractivity contribution in [2.75, 3.05) is 44.7 Å². The second-order valence-electron chi connectivity index (χ2n) is 8.44. The zero-order valence-electron chi connectivity index (χ0n) is 17.1. The van der Waals surface area contributed by atoms with Crippen LogP contribution in [0.1, 0.15) is 31.2 Å². The van der Waals surface area contributed by atoms with E-state index in [1.165, 1.54) is 25.8 Å². The van der Waals surface area contributed by atoms with Crippen molar-refractivity contribution in [1.29, 1.82) is 0 Å². The van der Waals surface area contributed by atoms with Crippen LogP contribution in [0.2, 0.25) is 5.02 Å². The topological polar surface area (TPSA) is 55.8 Å². The van der Waals surface area contributed by atoms with Crippen molar-refractivity contribution in [3.05, 3.63) is 22.8 Å². The zero-order valence-corrected chi connectivity index (χ0v) is 17.8. The molecule has 3 fully saturated rings. The van der Waals surface area contributed by atoms with Gasteiger partial charge in [0.2, 0.25) is 0 Å². The number of nitrogens with one attached hydrogen (secondary N) is 2. The summed E-state index contributed by atoms with van der Waals surface area (Å²) in [5, 5.41) is 6.88. The molecule has 3 heterocycles. The fourth-order valence-electron chi connectivity index (χ4n) is 4.32. The molecule has 2 unspecified atom stereocenters. The number of hydrogen-bond acceptors (Lipinski definition) is 4. The third-order valence-corrected chi connectivity index (χ3v) is 6.42. The summed E-state index contributed by atoms with van der Waals surface area (Å²) in [7, 11) is 1.75. The van der Waals surface area contributed by atoms with Crippen molar-refractivity contribution in [1.82, 2.24) is 20.5 Å². The normalized spacial score (nSPS) is 25.8. The lowest BCUT2D eigenvalue weighted by Crippen LogP contribution is -2.46. The van der Waals surface area contributed by atoms with Gasteiger partial charge in [0, 0.05) is 51.5 Å². The monoisotopic (exact) mass is 444 g/mol. The fourth-order valence-corrected chi connectivity index (χ4v) is 4.60. The van der Waals surface area contributed by atoms with E-state index in [0.29, 0.717) is 24.8 Å². The van der Waals surface area contributed by atoms with Gasteiger partial charge in [0.1, 0.15) is 5.82 Å². The smallest absolute Gasteiger partial charge is 0.356 e. The predicted octanol–water partition coefficient (Wildman–Crippen LogP) is 2.98. The first-order valence-electron chi connectivity index (χ1n) is 10.5. The maximum Gasteiger partial charge on any atom is 0.417 e. The number of nitrogens with zero attached hydrogens (tertiary/aromatic N) is 4. The van der Waals surface area contributed by atoms with E-state index in [-0.39, 0.29) is 11.1 Å². The minimum absolute atomic E-state index is 0.0226. The highest BCUT2D eigenvalue weighted by Gasteiger charge is 2.35. The molecule has 4 rings (SSSR count). The molecule has 30 heavy (non-hydrogen) atoms. The van der Waals surface area contributed by atoms with E-state index in [2.05, 4.69) is 25.5 Å². The summed E-state index contributed by atoms with van der Waals surface area (Å²) in [5.74, 6) is 1.79. The SMILES string of the molecule is CN=C(NCC1CCN(C2CC2)C1)NC1CCN(c2ncc(C(F)(F)F)cc2Cl)C1. The van der Waals surface area contributed by atoms with Gasteiger partial charge in [-0.1, -0.05) is 11.6 Å². The highest BCUT2D eigenvalue weighted by molar-refractivity contribution is 6.33. The lowest BCUT2D eigenvalue weighted by atomic mass is 10.1. The van der Waals surface area contributed by atoms with Crippen molar-refractivity contribution >= 4 is 23.4 Å². The third-order valence-electron chi connectivity index (χ3n) is 6.14. The van der Waals surface area contributed by atoms with E-state index in [9.17, 15) is 13.2 Å². The van der Waals surface area contributed by atoms with Crippen LogP contribution in [0.25, 0.3) is 0 Å². The molecule has 1 aromatic rings. The Morgan fingerprint density at radius 3 is 2.70 bits per heavy atom. The van der Waals surface area contributed by atoms with E-state index in [0.717, 1.165) is 43.8 Å². The predicted molar refractivity (Wildman–Crippen MR) is 112 cm³/mol. The van der Waals surface area contributed by atoms with Gasteiger partial charge in [-0.2, -0.15) is 13.2 Å². The molecule has 1 aromatic heterocycles. The van der Waals surface area contributed by atoms with Gasteiger partial charge in [-0.05, 0) is 44.2 Å². The number of likely N-dealkylation sites (tertiary alicyclic amines) is 1. The number of aliphatic imine (C=N–C) groups is 1. The van der Waals surface area contributed by atoms with Crippen LogP contribution < -0.4 is 15.5 Å². The number of anilines is 1. The summed E-state index contributed by atoms with van der Waals surface area (Å²) in [6.45, 7) is 4.53. The molecule has 10 heteroatoms.